The summed E-state index contributed by atoms with van der Waals surface area (Å²) in [5, 5.41) is 3.07. The zero-order chi connectivity index (χ0) is 21.0. The van der Waals surface area contributed by atoms with Gasteiger partial charge in [-0.15, -0.1) is 0 Å². The summed E-state index contributed by atoms with van der Waals surface area (Å²) in [5.41, 5.74) is 2.99. The first-order valence-electron chi connectivity index (χ1n) is 9.56. The second-order valence-electron chi connectivity index (χ2n) is 7.38. The number of hydrogen-bond donors (Lipinski definition) is 1. The summed E-state index contributed by atoms with van der Waals surface area (Å²) in [6.07, 6.45) is 3.66. The number of nitrogens with one attached hydrogen (secondary N) is 1. The van der Waals surface area contributed by atoms with Crippen LogP contribution in [0.25, 0.3) is 0 Å². The maximum absolute atomic E-state index is 12.5. The normalized spacial score (nSPS) is 14.7. The molecule has 1 heterocycles. The molecule has 1 N–H and O–H groups in total. The van der Waals surface area contributed by atoms with E-state index in [9.17, 15) is 13.2 Å². The van der Waals surface area contributed by atoms with Crippen LogP contribution in [-0.4, -0.2) is 45.6 Å². The van der Waals surface area contributed by atoms with Gasteiger partial charge in [0.15, 0.2) is 0 Å². The molecule has 0 radical (unpaired) electrons. The second kappa shape index (κ2) is 9.15. The van der Waals surface area contributed by atoms with Crippen LogP contribution in [0.15, 0.2) is 42.5 Å². The highest BCUT2D eigenvalue weighted by Gasteiger charge is 2.16. The van der Waals surface area contributed by atoms with Gasteiger partial charge in [0.1, 0.15) is 0 Å². The van der Waals surface area contributed by atoms with Crippen LogP contribution in [0.4, 0.5) is 5.69 Å². The SMILES string of the molecule is CN(c1ccc(C(=O)NCc2ccc(CN3CCCC3)cc2)c(Cl)c1)S(C)(=O)=O. The summed E-state index contributed by atoms with van der Waals surface area (Å²) in [6, 6.07) is 12.8. The number of rotatable bonds is 7. The number of likely N-dealkylation sites (tertiary alicyclic amines) is 1. The van der Waals surface area contributed by atoms with Gasteiger partial charge in [0.25, 0.3) is 5.91 Å². The minimum atomic E-state index is -3.39. The van der Waals surface area contributed by atoms with E-state index in [-0.39, 0.29) is 10.9 Å². The van der Waals surface area contributed by atoms with Crippen LogP contribution in [0, 0.1) is 0 Å². The highest BCUT2D eigenvalue weighted by molar-refractivity contribution is 7.92. The lowest BCUT2D eigenvalue weighted by atomic mass is 10.1. The fraction of sp³-hybridized carbons (Fsp3) is 0.381. The largest absolute Gasteiger partial charge is 0.348 e. The number of benzene rings is 2. The number of carbonyl (C=O) groups is 1. The molecule has 0 unspecified atom stereocenters. The number of carbonyl (C=O) groups excluding carboxylic acids is 1. The summed E-state index contributed by atoms with van der Waals surface area (Å²) < 4.78 is 24.4. The number of hydrogen-bond acceptors (Lipinski definition) is 4. The van der Waals surface area contributed by atoms with Crippen LogP contribution in [-0.2, 0) is 23.1 Å². The van der Waals surface area contributed by atoms with Gasteiger partial charge in [0.05, 0.1) is 22.5 Å². The molecule has 0 bridgehead atoms. The standard InChI is InChI=1S/C21H26ClN3O3S/c1-24(29(2,27)28)18-9-10-19(20(22)13-18)21(26)23-14-16-5-7-17(8-6-16)15-25-11-3-4-12-25/h5-10,13H,3-4,11-12,14-15H2,1-2H3,(H,23,26). The van der Waals surface area contributed by atoms with Crippen molar-refractivity contribution in [1.82, 2.24) is 10.2 Å². The monoisotopic (exact) mass is 435 g/mol. The fourth-order valence-corrected chi connectivity index (χ4v) is 4.07. The Morgan fingerprint density at radius 2 is 1.72 bits per heavy atom. The number of anilines is 1. The van der Waals surface area contributed by atoms with Crippen molar-refractivity contribution in [2.45, 2.75) is 25.9 Å². The van der Waals surface area contributed by atoms with Crippen LogP contribution in [0.5, 0.6) is 0 Å². The van der Waals surface area contributed by atoms with Gasteiger partial charge in [-0.05, 0) is 55.3 Å². The van der Waals surface area contributed by atoms with Gasteiger partial charge < -0.3 is 5.32 Å². The van der Waals surface area contributed by atoms with E-state index in [1.54, 1.807) is 6.07 Å². The zero-order valence-electron chi connectivity index (χ0n) is 16.7. The Kier molecular flexibility index (Phi) is 6.82. The molecule has 2 aromatic rings. The molecular formula is C21H26ClN3O3S. The van der Waals surface area contributed by atoms with E-state index in [1.165, 1.54) is 37.6 Å². The first-order chi connectivity index (χ1) is 13.7. The quantitative estimate of drug-likeness (QED) is 0.724. The lowest BCUT2D eigenvalue weighted by Crippen LogP contribution is -2.26. The smallest absolute Gasteiger partial charge is 0.253 e. The molecule has 1 fully saturated rings. The molecule has 0 spiro atoms. The van der Waals surface area contributed by atoms with E-state index in [0.717, 1.165) is 35.8 Å². The molecule has 0 atom stereocenters. The third-order valence-electron chi connectivity index (χ3n) is 5.14. The topological polar surface area (TPSA) is 69.7 Å². The van der Waals surface area contributed by atoms with Gasteiger partial charge in [-0.3, -0.25) is 14.0 Å². The van der Waals surface area contributed by atoms with Gasteiger partial charge in [0, 0.05) is 20.1 Å². The van der Waals surface area contributed by atoms with E-state index in [1.807, 2.05) is 12.1 Å². The van der Waals surface area contributed by atoms with Crippen LogP contribution >= 0.6 is 11.6 Å². The number of nitrogens with zero attached hydrogens (tertiary/aromatic N) is 2. The molecule has 6 nitrogen and oxygen atoms in total. The molecule has 0 saturated carbocycles. The Morgan fingerprint density at radius 3 is 2.31 bits per heavy atom. The second-order valence-corrected chi connectivity index (χ2v) is 9.80. The van der Waals surface area contributed by atoms with Crippen LogP contribution in [0.2, 0.25) is 5.02 Å². The van der Waals surface area contributed by atoms with Gasteiger partial charge in [-0.2, -0.15) is 0 Å². The highest BCUT2D eigenvalue weighted by Crippen LogP contribution is 2.24. The van der Waals surface area contributed by atoms with E-state index in [0.29, 0.717) is 17.8 Å². The van der Waals surface area contributed by atoms with Crippen molar-refractivity contribution in [3.05, 3.63) is 64.2 Å². The van der Waals surface area contributed by atoms with Crippen molar-refractivity contribution in [2.24, 2.45) is 0 Å². The Balaban J connectivity index is 1.59. The van der Waals surface area contributed by atoms with Crippen LogP contribution in [0.3, 0.4) is 0 Å². The van der Waals surface area contributed by atoms with Crippen molar-refractivity contribution >= 4 is 33.2 Å². The lowest BCUT2D eigenvalue weighted by molar-refractivity contribution is 0.0951. The molecule has 0 aromatic heterocycles. The predicted molar refractivity (Wildman–Crippen MR) is 117 cm³/mol. The molecule has 156 valence electrons. The zero-order valence-corrected chi connectivity index (χ0v) is 18.3. The molecule has 3 rings (SSSR count). The van der Waals surface area contributed by atoms with E-state index >= 15 is 0 Å². The Labute approximate surface area is 177 Å². The third kappa shape index (κ3) is 5.72. The van der Waals surface area contributed by atoms with Crippen molar-refractivity contribution in [1.29, 1.82) is 0 Å². The highest BCUT2D eigenvalue weighted by atomic mass is 35.5. The van der Waals surface area contributed by atoms with Crippen LogP contribution < -0.4 is 9.62 Å². The van der Waals surface area contributed by atoms with Gasteiger partial charge in [-0.1, -0.05) is 35.9 Å². The van der Waals surface area contributed by atoms with Crippen LogP contribution in [0.1, 0.15) is 34.3 Å². The number of sulfonamides is 1. The molecule has 29 heavy (non-hydrogen) atoms. The van der Waals surface area contributed by atoms with Crippen molar-refractivity contribution in [2.75, 3.05) is 30.7 Å². The molecular weight excluding hydrogens is 410 g/mol. The minimum Gasteiger partial charge on any atom is -0.348 e. The van der Waals surface area contributed by atoms with E-state index in [2.05, 4.69) is 22.3 Å². The molecule has 1 aliphatic heterocycles. The summed E-state index contributed by atoms with van der Waals surface area (Å²) in [6.45, 7) is 3.69. The maximum Gasteiger partial charge on any atom is 0.253 e. The van der Waals surface area contributed by atoms with E-state index in [4.69, 9.17) is 11.6 Å². The molecule has 2 aromatic carbocycles. The average Bonchev–Trinajstić information content (AvgIpc) is 3.19. The molecule has 1 saturated heterocycles. The van der Waals surface area contributed by atoms with Crippen molar-refractivity contribution in [3.63, 3.8) is 0 Å². The van der Waals surface area contributed by atoms with Gasteiger partial charge in [0.2, 0.25) is 10.0 Å². The summed E-state index contributed by atoms with van der Waals surface area (Å²) in [5.74, 6) is -0.301. The number of amides is 1. The fourth-order valence-electron chi connectivity index (χ4n) is 3.31. The first-order valence-corrected chi connectivity index (χ1v) is 11.8. The van der Waals surface area contributed by atoms with Gasteiger partial charge in [-0.25, -0.2) is 8.42 Å². The van der Waals surface area contributed by atoms with Crippen molar-refractivity contribution in [3.8, 4) is 0 Å². The average molecular weight is 436 g/mol. The first kappa shape index (κ1) is 21.6. The maximum atomic E-state index is 12.5. The minimum absolute atomic E-state index is 0.205. The lowest BCUT2D eigenvalue weighted by Gasteiger charge is -2.17. The molecule has 1 amide bonds. The Morgan fingerprint density at radius 1 is 1.10 bits per heavy atom. The summed E-state index contributed by atoms with van der Waals surface area (Å²) in [4.78, 5) is 14.9. The molecule has 1 aliphatic rings. The molecule has 0 aliphatic carbocycles. The van der Waals surface area contributed by atoms with Gasteiger partial charge >= 0.3 is 0 Å². The third-order valence-corrected chi connectivity index (χ3v) is 6.66. The van der Waals surface area contributed by atoms with E-state index < -0.39 is 10.0 Å². The molecule has 8 heteroatoms. The summed E-state index contributed by atoms with van der Waals surface area (Å²) >= 11 is 6.21. The Hall–Kier alpha value is -2.09. The van der Waals surface area contributed by atoms with Crippen molar-refractivity contribution < 1.29 is 13.2 Å². The Bertz CT molecular complexity index is 971. The summed E-state index contributed by atoms with van der Waals surface area (Å²) in [7, 11) is -1.95. The predicted octanol–water partition coefficient (Wildman–Crippen LogP) is 3.26. The number of halogens is 1.